The summed E-state index contributed by atoms with van der Waals surface area (Å²) in [6.45, 7) is 0. The maximum absolute atomic E-state index is 12.1. The SMILES string of the molecule is COc1ccc(C(=O)CSc2ccc(Br)cn2)cc1Cl. The molecular weight excluding hydrogens is 362 g/mol. The number of carbonyl (C=O) groups excluding carboxylic acids is 1. The molecule has 0 unspecified atom stereocenters. The van der Waals surface area contributed by atoms with E-state index in [9.17, 15) is 4.79 Å². The first kappa shape index (κ1) is 15.4. The molecule has 1 aromatic heterocycles. The number of hydrogen-bond acceptors (Lipinski definition) is 4. The standard InChI is InChI=1S/C14H11BrClNO2S/c1-19-13-4-2-9(6-11(13)16)12(18)8-20-14-5-3-10(15)7-17-14/h2-7H,8H2,1H3. The van der Waals surface area contributed by atoms with Crippen LogP contribution in [-0.2, 0) is 0 Å². The Hall–Kier alpha value is -1.04. The number of Topliss-reactive ketones (excluding diaryl/α,β-unsaturated/α-hetero) is 1. The van der Waals surface area contributed by atoms with Crippen LogP contribution in [0.3, 0.4) is 0 Å². The van der Waals surface area contributed by atoms with Crippen molar-refractivity contribution in [2.45, 2.75) is 5.03 Å². The van der Waals surface area contributed by atoms with Crippen LogP contribution in [0.15, 0.2) is 46.0 Å². The second kappa shape index (κ2) is 7.11. The molecule has 0 amide bonds. The fraction of sp³-hybridized carbons (Fsp3) is 0.143. The number of ether oxygens (including phenoxy) is 1. The largest absolute Gasteiger partial charge is 0.495 e. The lowest BCUT2D eigenvalue weighted by molar-refractivity contribution is 0.102. The zero-order valence-electron chi connectivity index (χ0n) is 10.6. The van der Waals surface area contributed by atoms with Crippen molar-refractivity contribution in [3.05, 3.63) is 51.6 Å². The van der Waals surface area contributed by atoms with Crippen LogP contribution < -0.4 is 4.74 Å². The lowest BCUT2D eigenvalue weighted by atomic mass is 10.1. The summed E-state index contributed by atoms with van der Waals surface area (Å²) in [5, 5.41) is 1.24. The molecule has 104 valence electrons. The summed E-state index contributed by atoms with van der Waals surface area (Å²) in [4.78, 5) is 16.3. The number of carbonyl (C=O) groups is 1. The molecule has 0 N–H and O–H groups in total. The molecule has 0 saturated heterocycles. The van der Waals surface area contributed by atoms with Crippen LogP contribution in [0.4, 0.5) is 0 Å². The Morgan fingerprint density at radius 3 is 2.80 bits per heavy atom. The highest BCUT2D eigenvalue weighted by atomic mass is 79.9. The average Bonchev–Trinajstić information content (AvgIpc) is 2.46. The maximum atomic E-state index is 12.1. The number of methoxy groups -OCH3 is 1. The van der Waals surface area contributed by atoms with Crippen LogP contribution in [0.2, 0.25) is 5.02 Å². The van der Waals surface area contributed by atoms with E-state index in [4.69, 9.17) is 16.3 Å². The summed E-state index contributed by atoms with van der Waals surface area (Å²) < 4.78 is 5.97. The number of thioether (sulfide) groups is 1. The lowest BCUT2D eigenvalue weighted by Gasteiger charge is -2.05. The zero-order valence-corrected chi connectivity index (χ0v) is 13.8. The number of rotatable bonds is 5. The summed E-state index contributed by atoms with van der Waals surface area (Å²) >= 11 is 10.7. The van der Waals surface area contributed by atoms with Gasteiger partial charge in [-0.3, -0.25) is 4.79 Å². The lowest BCUT2D eigenvalue weighted by Crippen LogP contribution is -2.02. The molecule has 6 heteroatoms. The Kier molecular flexibility index (Phi) is 5.46. The Bertz CT molecular complexity index is 619. The number of halogens is 2. The van der Waals surface area contributed by atoms with Crippen molar-refractivity contribution in [2.75, 3.05) is 12.9 Å². The highest BCUT2D eigenvalue weighted by Crippen LogP contribution is 2.26. The highest BCUT2D eigenvalue weighted by molar-refractivity contribution is 9.10. The van der Waals surface area contributed by atoms with Crippen LogP contribution in [0.25, 0.3) is 0 Å². The van der Waals surface area contributed by atoms with Crippen molar-refractivity contribution < 1.29 is 9.53 Å². The smallest absolute Gasteiger partial charge is 0.173 e. The van der Waals surface area contributed by atoms with Crippen LogP contribution in [-0.4, -0.2) is 23.6 Å². The van der Waals surface area contributed by atoms with Gasteiger partial charge in [-0.15, -0.1) is 0 Å². The monoisotopic (exact) mass is 371 g/mol. The molecular formula is C14H11BrClNO2S. The van der Waals surface area contributed by atoms with E-state index in [0.29, 0.717) is 22.1 Å². The number of ketones is 1. The number of benzene rings is 1. The predicted molar refractivity (Wildman–Crippen MR) is 85.0 cm³/mol. The third kappa shape index (κ3) is 3.98. The number of hydrogen-bond donors (Lipinski definition) is 0. The molecule has 0 spiro atoms. The van der Waals surface area contributed by atoms with Gasteiger partial charge in [-0.1, -0.05) is 23.4 Å². The van der Waals surface area contributed by atoms with Gasteiger partial charge in [-0.25, -0.2) is 4.98 Å². The Balaban J connectivity index is 2.01. The predicted octanol–water partition coefficient (Wildman–Crippen LogP) is 4.48. The van der Waals surface area contributed by atoms with E-state index in [2.05, 4.69) is 20.9 Å². The van der Waals surface area contributed by atoms with Crippen molar-refractivity contribution in [3.63, 3.8) is 0 Å². The first-order chi connectivity index (χ1) is 9.60. The molecule has 3 nitrogen and oxygen atoms in total. The summed E-state index contributed by atoms with van der Waals surface area (Å²) in [6.07, 6.45) is 1.71. The van der Waals surface area contributed by atoms with E-state index >= 15 is 0 Å². The number of nitrogens with zero attached hydrogens (tertiary/aromatic N) is 1. The molecule has 0 radical (unpaired) electrons. The minimum absolute atomic E-state index is 0.00396. The fourth-order valence-electron chi connectivity index (χ4n) is 1.51. The van der Waals surface area contributed by atoms with Gasteiger partial charge in [-0.2, -0.15) is 0 Å². The van der Waals surface area contributed by atoms with Crippen molar-refractivity contribution in [3.8, 4) is 5.75 Å². The Labute approximate surface area is 134 Å². The molecule has 2 aromatic rings. The normalized spacial score (nSPS) is 10.3. The van der Waals surface area contributed by atoms with E-state index in [0.717, 1.165) is 9.50 Å². The average molecular weight is 373 g/mol. The molecule has 2 rings (SSSR count). The number of aromatic nitrogens is 1. The van der Waals surface area contributed by atoms with Gasteiger partial charge in [0.05, 0.1) is 22.9 Å². The maximum Gasteiger partial charge on any atom is 0.173 e. The molecule has 0 aliphatic heterocycles. The van der Waals surface area contributed by atoms with Crippen molar-refractivity contribution in [1.82, 2.24) is 4.98 Å². The van der Waals surface area contributed by atoms with Crippen LogP contribution in [0, 0.1) is 0 Å². The first-order valence-electron chi connectivity index (χ1n) is 5.71. The third-order valence-corrected chi connectivity index (χ3v) is 4.23. The van der Waals surface area contributed by atoms with E-state index in [-0.39, 0.29) is 5.78 Å². The number of pyridine rings is 1. The van der Waals surface area contributed by atoms with Gasteiger partial charge < -0.3 is 4.74 Å². The minimum Gasteiger partial charge on any atom is -0.495 e. The van der Waals surface area contributed by atoms with Gasteiger partial charge in [0.1, 0.15) is 5.75 Å². The molecule has 20 heavy (non-hydrogen) atoms. The molecule has 0 aliphatic rings. The highest BCUT2D eigenvalue weighted by Gasteiger charge is 2.10. The molecule has 1 heterocycles. The molecule has 0 aliphatic carbocycles. The van der Waals surface area contributed by atoms with Crippen molar-refractivity contribution >= 4 is 45.1 Å². The van der Waals surface area contributed by atoms with Gasteiger partial charge in [0, 0.05) is 16.2 Å². The summed E-state index contributed by atoms with van der Waals surface area (Å²) in [5.74, 6) is 0.881. The van der Waals surface area contributed by atoms with E-state index in [1.807, 2.05) is 12.1 Å². The second-order valence-electron chi connectivity index (χ2n) is 3.88. The topological polar surface area (TPSA) is 39.2 Å². The second-order valence-corrected chi connectivity index (χ2v) is 6.19. The van der Waals surface area contributed by atoms with Crippen molar-refractivity contribution in [1.29, 1.82) is 0 Å². The van der Waals surface area contributed by atoms with Gasteiger partial charge in [0.25, 0.3) is 0 Å². The first-order valence-corrected chi connectivity index (χ1v) is 7.87. The van der Waals surface area contributed by atoms with Gasteiger partial charge >= 0.3 is 0 Å². The van der Waals surface area contributed by atoms with E-state index in [1.54, 1.807) is 24.4 Å². The molecule has 1 aromatic carbocycles. The molecule has 0 atom stereocenters. The van der Waals surface area contributed by atoms with Crippen LogP contribution >= 0.6 is 39.3 Å². The molecule has 0 fully saturated rings. The van der Waals surface area contributed by atoms with E-state index < -0.39 is 0 Å². The summed E-state index contributed by atoms with van der Waals surface area (Å²) in [5.41, 5.74) is 0.570. The Morgan fingerprint density at radius 2 is 2.20 bits per heavy atom. The third-order valence-electron chi connectivity index (χ3n) is 2.53. The van der Waals surface area contributed by atoms with Crippen LogP contribution in [0.1, 0.15) is 10.4 Å². The van der Waals surface area contributed by atoms with Gasteiger partial charge in [-0.05, 0) is 46.3 Å². The van der Waals surface area contributed by atoms with E-state index in [1.165, 1.54) is 18.9 Å². The van der Waals surface area contributed by atoms with Gasteiger partial charge in [0.15, 0.2) is 5.78 Å². The quantitative estimate of drug-likeness (QED) is 0.573. The minimum atomic E-state index is 0.00396. The summed E-state index contributed by atoms with van der Waals surface area (Å²) in [7, 11) is 1.54. The van der Waals surface area contributed by atoms with Crippen LogP contribution in [0.5, 0.6) is 5.75 Å². The molecule has 0 bridgehead atoms. The van der Waals surface area contributed by atoms with Gasteiger partial charge in [0.2, 0.25) is 0 Å². The summed E-state index contributed by atoms with van der Waals surface area (Å²) in [6, 6.07) is 8.78. The molecule has 0 saturated carbocycles. The van der Waals surface area contributed by atoms with Crippen molar-refractivity contribution in [2.24, 2.45) is 0 Å². The fourth-order valence-corrected chi connectivity index (χ4v) is 2.74. The zero-order chi connectivity index (χ0) is 14.5. The Morgan fingerprint density at radius 1 is 1.40 bits per heavy atom.